The zero-order valence-corrected chi connectivity index (χ0v) is 15.6. The minimum atomic E-state index is -4.41. The van der Waals surface area contributed by atoms with Crippen LogP contribution >= 0.6 is 0 Å². The van der Waals surface area contributed by atoms with Crippen LogP contribution in [0, 0.1) is 0 Å². The Labute approximate surface area is 165 Å². The molecule has 0 aliphatic heterocycles. The minimum absolute atomic E-state index is 0.0982. The molecular formula is C21H20F3N3O2. The molecule has 0 radical (unpaired) electrons. The molecular weight excluding hydrogens is 383 g/mol. The van der Waals surface area contributed by atoms with Crippen molar-refractivity contribution in [2.24, 2.45) is 0 Å². The maximum atomic E-state index is 13.0. The van der Waals surface area contributed by atoms with Crippen LogP contribution in [0.1, 0.15) is 29.8 Å². The van der Waals surface area contributed by atoms with Crippen LogP contribution < -0.4 is 10.9 Å². The Kier molecular flexibility index (Phi) is 6.31. The van der Waals surface area contributed by atoms with Crippen molar-refractivity contribution < 1.29 is 18.0 Å². The molecule has 0 aliphatic carbocycles. The number of carbonyl (C=O) groups is 1. The number of H-pyrrole nitrogens is 1. The number of carbonyl (C=O) groups excluding carboxylic acids is 1. The Morgan fingerprint density at radius 1 is 1.03 bits per heavy atom. The first kappa shape index (κ1) is 20.6. The summed E-state index contributed by atoms with van der Waals surface area (Å²) in [7, 11) is 0. The van der Waals surface area contributed by atoms with Gasteiger partial charge in [0.15, 0.2) is 0 Å². The molecule has 8 heteroatoms. The lowest BCUT2D eigenvalue weighted by Crippen LogP contribution is -2.26. The van der Waals surface area contributed by atoms with E-state index in [1.54, 1.807) is 30.3 Å². The minimum Gasteiger partial charge on any atom is -0.356 e. The fourth-order valence-corrected chi connectivity index (χ4v) is 3.11. The molecule has 1 heterocycles. The summed E-state index contributed by atoms with van der Waals surface area (Å²) >= 11 is 0. The number of amides is 1. The number of aromatic amines is 1. The van der Waals surface area contributed by atoms with Gasteiger partial charge in [-0.05, 0) is 36.6 Å². The maximum absolute atomic E-state index is 13.0. The largest absolute Gasteiger partial charge is 0.416 e. The van der Waals surface area contributed by atoms with E-state index in [0.29, 0.717) is 29.6 Å². The molecule has 0 aliphatic rings. The predicted octanol–water partition coefficient (Wildman–Crippen LogP) is 3.62. The molecule has 0 fully saturated rings. The number of hydrogen-bond acceptors (Lipinski definition) is 3. The molecule has 29 heavy (non-hydrogen) atoms. The van der Waals surface area contributed by atoms with Crippen LogP contribution in [0.3, 0.4) is 0 Å². The molecule has 3 aromatic rings. The number of benzene rings is 2. The van der Waals surface area contributed by atoms with Crippen LogP contribution in [0.25, 0.3) is 10.9 Å². The summed E-state index contributed by atoms with van der Waals surface area (Å²) in [4.78, 5) is 31.1. The highest BCUT2D eigenvalue weighted by atomic mass is 19.4. The fourth-order valence-electron chi connectivity index (χ4n) is 3.11. The SMILES string of the molecule is O=C(CCCc1nc2ccccc2c(=O)[nH]1)NCCc1ccccc1C(F)(F)F. The topological polar surface area (TPSA) is 74.8 Å². The van der Waals surface area contributed by atoms with E-state index in [-0.39, 0.29) is 36.4 Å². The van der Waals surface area contributed by atoms with Crippen molar-refractivity contribution >= 4 is 16.8 Å². The summed E-state index contributed by atoms with van der Waals surface area (Å²) in [6.07, 6.45) is -3.24. The Hall–Kier alpha value is -3.16. The van der Waals surface area contributed by atoms with Gasteiger partial charge in [0.05, 0.1) is 16.5 Å². The summed E-state index contributed by atoms with van der Waals surface area (Å²) in [5.41, 5.74) is -0.156. The first-order chi connectivity index (χ1) is 13.8. The van der Waals surface area contributed by atoms with E-state index in [0.717, 1.165) is 6.07 Å². The molecule has 2 N–H and O–H groups in total. The van der Waals surface area contributed by atoms with Crippen LogP contribution in [-0.4, -0.2) is 22.4 Å². The number of nitrogens with zero attached hydrogens (tertiary/aromatic N) is 1. The van der Waals surface area contributed by atoms with Gasteiger partial charge in [0.1, 0.15) is 5.82 Å². The summed E-state index contributed by atoms with van der Waals surface area (Å²) in [6, 6.07) is 12.3. The second kappa shape index (κ2) is 8.89. The molecule has 0 spiro atoms. The zero-order valence-electron chi connectivity index (χ0n) is 15.6. The van der Waals surface area contributed by atoms with E-state index in [2.05, 4.69) is 15.3 Å². The fraction of sp³-hybridized carbons (Fsp3) is 0.286. The van der Waals surface area contributed by atoms with E-state index in [1.807, 2.05) is 0 Å². The van der Waals surface area contributed by atoms with Gasteiger partial charge in [-0.1, -0.05) is 30.3 Å². The zero-order chi connectivity index (χ0) is 20.9. The van der Waals surface area contributed by atoms with Crippen LogP contribution in [0.15, 0.2) is 53.3 Å². The number of para-hydroxylation sites is 1. The number of aromatic nitrogens is 2. The van der Waals surface area contributed by atoms with Crippen molar-refractivity contribution in [2.75, 3.05) is 6.54 Å². The normalized spacial score (nSPS) is 11.6. The monoisotopic (exact) mass is 403 g/mol. The predicted molar refractivity (Wildman–Crippen MR) is 103 cm³/mol. The average Bonchev–Trinajstić information content (AvgIpc) is 2.68. The van der Waals surface area contributed by atoms with Crippen molar-refractivity contribution in [1.82, 2.24) is 15.3 Å². The third-order valence-corrected chi connectivity index (χ3v) is 4.52. The molecule has 0 atom stereocenters. The van der Waals surface area contributed by atoms with Crippen LogP contribution in [0.2, 0.25) is 0 Å². The van der Waals surface area contributed by atoms with Gasteiger partial charge >= 0.3 is 6.18 Å². The van der Waals surface area contributed by atoms with Crippen LogP contribution in [-0.2, 0) is 23.8 Å². The van der Waals surface area contributed by atoms with Crippen molar-refractivity contribution in [2.45, 2.75) is 31.9 Å². The second-order valence-electron chi connectivity index (χ2n) is 6.64. The van der Waals surface area contributed by atoms with E-state index >= 15 is 0 Å². The van der Waals surface area contributed by atoms with E-state index < -0.39 is 11.7 Å². The highest BCUT2D eigenvalue weighted by molar-refractivity contribution is 5.77. The highest BCUT2D eigenvalue weighted by Gasteiger charge is 2.32. The third kappa shape index (κ3) is 5.43. The molecule has 0 saturated heterocycles. The first-order valence-corrected chi connectivity index (χ1v) is 9.24. The average molecular weight is 403 g/mol. The Morgan fingerprint density at radius 3 is 2.55 bits per heavy atom. The lowest BCUT2D eigenvalue weighted by molar-refractivity contribution is -0.138. The van der Waals surface area contributed by atoms with E-state index in [9.17, 15) is 22.8 Å². The second-order valence-corrected chi connectivity index (χ2v) is 6.64. The molecule has 3 rings (SSSR count). The number of halogens is 3. The number of nitrogens with one attached hydrogen (secondary N) is 2. The Balaban J connectivity index is 1.47. The van der Waals surface area contributed by atoms with Crippen molar-refractivity contribution in [3.63, 3.8) is 0 Å². The molecule has 152 valence electrons. The lowest BCUT2D eigenvalue weighted by atomic mass is 10.0. The number of rotatable bonds is 7. The van der Waals surface area contributed by atoms with Gasteiger partial charge in [0.25, 0.3) is 5.56 Å². The number of hydrogen-bond donors (Lipinski definition) is 2. The van der Waals surface area contributed by atoms with Crippen LogP contribution in [0.5, 0.6) is 0 Å². The van der Waals surface area contributed by atoms with Crippen molar-refractivity contribution in [3.05, 3.63) is 75.8 Å². The van der Waals surface area contributed by atoms with Gasteiger partial charge in [0, 0.05) is 19.4 Å². The molecule has 2 aromatic carbocycles. The third-order valence-electron chi connectivity index (χ3n) is 4.52. The lowest BCUT2D eigenvalue weighted by Gasteiger charge is -2.12. The number of fused-ring (bicyclic) bond motifs is 1. The maximum Gasteiger partial charge on any atom is 0.416 e. The molecule has 0 saturated carbocycles. The smallest absolute Gasteiger partial charge is 0.356 e. The molecule has 1 amide bonds. The van der Waals surface area contributed by atoms with Gasteiger partial charge < -0.3 is 10.3 Å². The summed E-state index contributed by atoms with van der Waals surface area (Å²) < 4.78 is 38.9. The van der Waals surface area contributed by atoms with Crippen molar-refractivity contribution in [1.29, 1.82) is 0 Å². The molecule has 5 nitrogen and oxygen atoms in total. The highest BCUT2D eigenvalue weighted by Crippen LogP contribution is 2.31. The van der Waals surface area contributed by atoms with Gasteiger partial charge in [-0.3, -0.25) is 9.59 Å². The number of alkyl halides is 3. The van der Waals surface area contributed by atoms with Gasteiger partial charge in [0.2, 0.25) is 5.91 Å². The van der Waals surface area contributed by atoms with Gasteiger partial charge in [-0.15, -0.1) is 0 Å². The van der Waals surface area contributed by atoms with Crippen molar-refractivity contribution in [3.8, 4) is 0 Å². The molecule has 1 aromatic heterocycles. The summed E-state index contributed by atoms with van der Waals surface area (Å²) in [5.74, 6) is 0.248. The van der Waals surface area contributed by atoms with E-state index in [4.69, 9.17) is 0 Å². The Morgan fingerprint density at radius 2 is 1.76 bits per heavy atom. The number of aryl methyl sites for hydroxylation is 1. The Bertz CT molecular complexity index is 1060. The summed E-state index contributed by atoms with van der Waals surface area (Å²) in [6.45, 7) is 0.122. The molecule has 0 bridgehead atoms. The first-order valence-electron chi connectivity index (χ1n) is 9.24. The van der Waals surface area contributed by atoms with Crippen LogP contribution in [0.4, 0.5) is 13.2 Å². The van der Waals surface area contributed by atoms with Gasteiger partial charge in [-0.25, -0.2) is 4.98 Å². The molecule has 0 unspecified atom stereocenters. The quantitative estimate of drug-likeness (QED) is 0.633. The van der Waals surface area contributed by atoms with Gasteiger partial charge in [-0.2, -0.15) is 13.2 Å². The summed E-state index contributed by atoms with van der Waals surface area (Å²) in [5, 5.41) is 3.15. The standard InChI is InChI=1S/C21H20F3N3O2/c22-21(23,24)16-8-3-1-6-14(16)12-13-25-19(28)11-5-10-18-26-17-9-4-2-7-15(17)20(29)27-18/h1-4,6-9H,5,10-13H2,(H,25,28)(H,26,27,29). The van der Waals surface area contributed by atoms with E-state index in [1.165, 1.54) is 12.1 Å².